The molecule has 2 aromatic rings. The summed E-state index contributed by atoms with van der Waals surface area (Å²) in [5, 5.41) is 8.95. The molecule has 3 nitrogen and oxygen atoms in total. The third kappa shape index (κ3) is 2.31. The van der Waals surface area contributed by atoms with E-state index < -0.39 is 11.8 Å². The maximum atomic E-state index is 13.6. The summed E-state index contributed by atoms with van der Waals surface area (Å²) >= 11 is 5.66. The van der Waals surface area contributed by atoms with Crippen LogP contribution in [0.15, 0.2) is 36.5 Å². The minimum absolute atomic E-state index is 0.0338. The van der Waals surface area contributed by atoms with Crippen LogP contribution >= 0.6 is 11.6 Å². The Morgan fingerprint density at radius 3 is 2.82 bits per heavy atom. The van der Waals surface area contributed by atoms with Crippen LogP contribution in [-0.2, 0) is 6.54 Å². The highest BCUT2D eigenvalue weighted by molar-refractivity contribution is 6.30. The zero-order valence-corrected chi connectivity index (χ0v) is 9.49. The Morgan fingerprint density at radius 2 is 2.12 bits per heavy atom. The maximum absolute atomic E-state index is 13.6. The standard InChI is InChI=1S/C12H9ClFNO2/c13-9-4-1-3-8(11(9)14)7-15-6-2-5-10(15)12(16)17/h1-6H,7H2,(H,16,17). The van der Waals surface area contributed by atoms with E-state index in [0.29, 0.717) is 5.56 Å². The molecule has 0 saturated heterocycles. The summed E-state index contributed by atoms with van der Waals surface area (Å²) in [6.07, 6.45) is 1.59. The quantitative estimate of drug-likeness (QED) is 0.914. The van der Waals surface area contributed by atoms with Gasteiger partial charge in [-0.2, -0.15) is 0 Å². The summed E-state index contributed by atoms with van der Waals surface area (Å²) < 4.78 is 15.1. The van der Waals surface area contributed by atoms with Gasteiger partial charge >= 0.3 is 5.97 Å². The molecule has 1 aromatic carbocycles. The molecular formula is C12H9ClFNO2. The highest BCUT2D eigenvalue weighted by Crippen LogP contribution is 2.19. The van der Waals surface area contributed by atoms with Gasteiger partial charge in [-0.25, -0.2) is 9.18 Å². The van der Waals surface area contributed by atoms with Gasteiger partial charge < -0.3 is 9.67 Å². The van der Waals surface area contributed by atoms with Gasteiger partial charge in [0.1, 0.15) is 11.5 Å². The molecule has 0 spiro atoms. The van der Waals surface area contributed by atoms with E-state index in [1.54, 1.807) is 24.4 Å². The Bertz CT molecular complexity index is 565. The molecule has 1 heterocycles. The molecule has 0 saturated carbocycles. The number of halogens is 2. The first-order valence-corrected chi connectivity index (χ1v) is 5.28. The van der Waals surface area contributed by atoms with Crippen LogP contribution < -0.4 is 0 Å². The molecule has 2 rings (SSSR count). The van der Waals surface area contributed by atoms with E-state index in [1.807, 2.05) is 0 Å². The van der Waals surface area contributed by atoms with E-state index in [4.69, 9.17) is 16.7 Å². The number of nitrogens with zero attached hydrogens (tertiary/aromatic N) is 1. The van der Waals surface area contributed by atoms with Crippen molar-refractivity contribution < 1.29 is 14.3 Å². The summed E-state index contributed by atoms with van der Waals surface area (Å²) in [4.78, 5) is 10.9. The van der Waals surface area contributed by atoms with Crippen LogP contribution in [-0.4, -0.2) is 15.6 Å². The number of aromatic carboxylic acids is 1. The van der Waals surface area contributed by atoms with E-state index in [2.05, 4.69) is 0 Å². The third-order valence-electron chi connectivity index (χ3n) is 2.42. The second-order valence-electron chi connectivity index (χ2n) is 3.54. The van der Waals surface area contributed by atoms with Crippen LogP contribution in [0.1, 0.15) is 16.1 Å². The maximum Gasteiger partial charge on any atom is 0.352 e. The lowest BCUT2D eigenvalue weighted by atomic mass is 10.2. The predicted molar refractivity (Wildman–Crippen MR) is 61.9 cm³/mol. The van der Waals surface area contributed by atoms with Gasteiger partial charge in [0.05, 0.1) is 11.6 Å². The zero-order chi connectivity index (χ0) is 12.4. The van der Waals surface area contributed by atoms with Crippen LogP contribution in [0.5, 0.6) is 0 Å². The molecule has 88 valence electrons. The normalized spacial score (nSPS) is 10.5. The van der Waals surface area contributed by atoms with E-state index in [1.165, 1.54) is 16.7 Å². The molecule has 0 unspecified atom stereocenters. The Labute approximate surface area is 102 Å². The molecule has 17 heavy (non-hydrogen) atoms. The predicted octanol–water partition coefficient (Wildman–Crippen LogP) is 3.03. The van der Waals surface area contributed by atoms with Crippen LogP contribution in [0, 0.1) is 5.82 Å². The summed E-state index contributed by atoms with van der Waals surface area (Å²) in [6, 6.07) is 7.72. The monoisotopic (exact) mass is 253 g/mol. The number of rotatable bonds is 3. The fourth-order valence-electron chi connectivity index (χ4n) is 1.60. The highest BCUT2D eigenvalue weighted by Gasteiger charge is 2.11. The average Bonchev–Trinajstić information content (AvgIpc) is 2.73. The van der Waals surface area contributed by atoms with Gasteiger partial charge in [0, 0.05) is 11.8 Å². The summed E-state index contributed by atoms with van der Waals surface area (Å²) in [5.41, 5.74) is 0.473. The van der Waals surface area contributed by atoms with Crippen molar-refractivity contribution in [1.29, 1.82) is 0 Å². The Morgan fingerprint density at radius 1 is 1.35 bits per heavy atom. The SMILES string of the molecule is O=C(O)c1cccn1Cc1cccc(Cl)c1F. The zero-order valence-electron chi connectivity index (χ0n) is 8.73. The topological polar surface area (TPSA) is 42.2 Å². The fraction of sp³-hybridized carbons (Fsp3) is 0.0833. The number of carboxylic acids is 1. The fourth-order valence-corrected chi connectivity index (χ4v) is 1.79. The molecule has 0 atom stereocenters. The molecule has 0 aliphatic carbocycles. The second kappa shape index (κ2) is 4.59. The average molecular weight is 254 g/mol. The first-order chi connectivity index (χ1) is 8.09. The number of carboxylic acid groups (broad SMARTS) is 1. The van der Waals surface area contributed by atoms with Crippen molar-refractivity contribution in [3.05, 3.63) is 58.6 Å². The van der Waals surface area contributed by atoms with E-state index in [9.17, 15) is 9.18 Å². The molecule has 1 aromatic heterocycles. The van der Waals surface area contributed by atoms with Gasteiger partial charge in [0.25, 0.3) is 0 Å². The van der Waals surface area contributed by atoms with E-state index in [-0.39, 0.29) is 17.3 Å². The minimum atomic E-state index is -1.04. The number of benzene rings is 1. The first-order valence-electron chi connectivity index (χ1n) is 4.91. The molecule has 0 radical (unpaired) electrons. The highest BCUT2D eigenvalue weighted by atomic mass is 35.5. The van der Waals surface area contributed by atoms with E-state index >= 15 is 0 Å². The molecule has 1 N–H and O–H groups in total. The van der Waals surface area contributed by atoms with Crippen molar-refractivity contribution in [2.45, 2.75) is 6.54 Å². The first kappa shape index (κ1) is 11.7. The van der Waals surface area contributed by atoms with Crippen molar-refractivity contribution in [2.24, 2.45) is 0 Å². The minimum Gasteiger partial charge on any atom is -0.477 e. The van der Waals surface area contributed by atoms with Crippen molar-refractivity contribution in [3.8, 4) is 0 Å². The lowest BCUT2D eigenvalue weighted by Crippen LogP contribution is -2.09. The number of hydrogen-bond acceptors (Lipinski definition) is 1. The Kier molecular flexibility index (Phi) is 3.15. The van der Waals surface area contributed by atoms with Crippen LogP contribution in [0.25, 0.3) is 0 Å². The Balaban J connectivity index is 2.35. The van der Waals surface area contributed by atoms with Gasteiger partial charge in [-0.05, 0) is 18.2 Å². The summed E-state index contributed by atoms with van der Waals surface area (Å²) in [7, 11) is 0. The lowest BCUT2D eigenvalue weighted by Gasteiger charge is -2.08. The third-order valence-corrected chi connectivity index (χ3v) is 2.71. The van der Waals surface area contributed by atoms with Crippen molar-refractivity contribution in [1.82, 2.24) is 4.57 Å². The van der Waals surface area contributed by atoms with Gasteiger partial charge in [-0.1, -0.05) is 23.7 Å². The van der Waals surface area contributed by atoms with Gasteiger partial charge in [0.2, 0.25) is 0 Å². The van der Waals surface area contributed by atoms with Crippen LogP contribution in [0.2, 0.25) is 5.02 Å². The molecule has 0 amide bonds. The largest absolute Gasteiger partial charge is 0.477 e. The van der Waals surface area contributed by atoms with Crippen molar-refractivity contribution in [2.75, 3.05) is 0 Å². The van der Waals surface area contributed by atoms with E-state index in [0.717, 1.165) is 0 Å². The van der Waals surface area contributed by atoms with Crippen molar-refractivity contribution >= 4 is 17.6 Å². The summed E-state index contributed by atoms with van der Waals surface area (Å²) in [6.45, 7) is 0.140. The number of carbonyl (C=O) groups is 1. The van der Waals surface area contributed by atoms with Gasteiger partial charge in [-0.3, -0.25) is 0 Å². The number of aromatic nitrogens is 1. The van der Waals surface area contributed by atoms with Gasteiger partial charge in [-0.15, -0.1) is 0 Å². The van der Waals surface area contributed by atoms with Crippen LogP contribution in [0.4, 0.5) is 4.39 Å². The molecule has 0 aliphatic rings. The van der Waals surface area contributed by atoms with Gasteiger partial charge in [0.15, 0.2) is 0 Å². The smallest absolute Gasteiger partial charge is 0.352 e. The lowest BCUT2D eigenvalue weighted by molar-refractivity contribution is 0.0685. The summed E-state index contributed by atoms with van der Waals surface area (Å²) in [5.74, 6) is -1.56. The van der Waals surface area contributed by atoms with Crippen LogP contribution in [0.3, 0.4) is 0 Å². The molecular weight excluding hydrogens is 245 g/mol. The second-order valence-corrected chi connectivity index (χ2v) is 3.95. The molecule has 0 fully saturated rings. The molecule has 0 aliphatic heterocycles. The molecule has 5 heteroatoms. The Hall–Kier alpha value is -1.81. The number of hydrogen-bond donors (Lipinski definition) is 1. The van der Waals surface area contributed by atoms with Crippen molar-refractivity contribution in [3.63, 3.8) is 0 Å². The molecule has 0 bridgehead atoms.